The van der Waals surface area contributed by atoms with Crippen molar-refractivity contribution in [2.24, 2.45) is 5.73 Å². The fraction of sp³-hybridized carbons (Fsp3) is 0.433. The second-order valence-electron chi connectivity index (χ2n) is 11.0. The summed E-state index contributed by atoms with van der Waals surface area (Å²) in [4.78, 5) is 54.7. The molecule has 1 aromatic heterocycles. The summed E-state index contributed by atoms with van der Waals surface area (Å²) in [6.07, 6.45) is 5.15. The number of nitrogens with zero attached hydrogens (tertiary/aromatic N) is 4. The van der Waals surface area contributed by atoms with Gasteiger partial charge in [-0.05, 0) is 62.5 Å². The Kier molecular flexibility index (Phi) is 9.18. The Labute approximate surface area is 247 Å². The Morgan fingerprint density at radius 2 is 1.83 bits per heavy atom. The van der Waals surface area contributed by atoms with Crippen molar-refractivity contribution >= 4 is 46.0 Å². The van der Waals surface area contributed by atoms with E-state index in [1.54, 1.807) is 24.3 Å². The highest BCUT2D eigenvalue weighted by atomic mass is 35.5. The number of rotatable bonds is 12. The minimum absolute atomic E-state index is 0.0161. The van der Waals surface area contributed by atoms with E-state index in [4.69, 9.17) is 17.3 Å². The van der Waals surface area contributed by atoms with Crippen molar-refractivity contribution in [3.63, 3.8) is 0 Å². The van der Waals surface area contributed by atoms with Crippen molar-refractivity contribution in [3.05, 3.63) is 64.1 Å². The van der Waals surface area contributed by atoms with E-state index in [2.05, 4.69) is 15.3 Å². The molecule has 1 aliphatic heterocycles. The molecule has 0 spiro atoms. The molecule has 222 valence electrons. The van der Waals surface area contributed by atoms with Crippen molar-refractivity contribution in [2.75, 3.05) is 26.2 Å². The topological polar surface area (TPSA) is 131 Å². The first kappa shape index (κ1) is 29.7. The number of hydrogen-bond donors (Lipinski definition) is 2. The maximum absolute atomic E-state index is 14.2. The molecule has 0 unspecified atom stereocenters. The number of aromatic nitrogens is 2. The molecule has 1 saturated heterocycles. The lowest BCUT2D eigenvalue weighted by molar-refractivity contribution is -0.137. The van der Waals surface area contributed by atoms with Crippen LogP contribution in [0.3, 0.4) is 0 Å². The van der Waals surface area contributed by atoms with Crippen LogP contribution in [0, 0.1) is 5.82 Å². The highest BCUT2D eigenvalue weighted by molar-refractivity contribution is 6.30. The third-order valence-corrected chi connectivity index (χ3v) is 8.00. The summed E-state index contributed by atoms with van der Waals surface area (Å²) in [5, 5.41) is 7.41. The van der Waals surface area contributed by atoms with Crippen LogP contribution in [0.2, 0.25) is 5.02 Å². The van der Waals surface area contributed by atoms with E-state index in [9.17, 15) is 23.6 Å². The fourth-order valence-corrected chi connectivity index (χ4v) is 5.60. The number of carbonyl (C=O) groups is 4. The highest BCUT2D eigenvalue weighted by Crippen LogP contribution is 2.28. The van der Waals surface area contributed by atoms with Crippen LogP contribution in [-0.2, 0) is 33.9 Å². The second-order valence-corrected chi connectivity index (χ2v) is 11.4. The smallest absolute Gasteiger partial charge is 0.269 e. The Morgan fingerprint density at radius 3 is 2.55 bits per heavy atom. The summed E-state index contributed by atoms with van der Waals surface area (Å²) < 4.78 is 15.6. The molecule has 3 aromatic rings. The van der Waals surface area contributed by atoms with Gasteiger partial charge in [-0.15, -0.1) is 0 Å². The third kappa shape index (κ3) is 7.14. The largest absolute Gasteiger partial charge is 0.364 e. The van der Waals surface area contributed by atoms with Crippen LogP contribution >= 0.6 is 11.6 Å². The number of primary amides is 1. The minimum atomic E-state index is -0.741. The van der Waals surface area contributed by atoms with Crippen LogP contribution in [0.25, 0.3) is 10.9 Å². The summed E-state index contributed by atoms with van der Waals surface area (Å²) in [6, 6.07) is 9.73. The molecular weight excluding hydrogens is 563 g/mol. The molecule has 1 aliphatic carbocycles. The van der Waals surface area contributed by atoms with Crippen molar-refractivity contribution in [2.45, 2.75) is 57.7 Å². The normalized spacial score (nSPS) is 15.5. The van der Waals surface area contributed by atoms with Crippen LogP contribution in [0.4, 0.5) is 4.39 Å². The molecule has 0 atom stereocenters. The third-order valence-electron chi connectivity index (χ3n) is 7.71. The predicted octanol–water partition coefficient (Wildman–Crippen LogP) is 2.83. The summed E-state index contributed by atoms with van der Waals surface area (Å²) in [5.41, 5.74) is 7.14. The summed E-state index contributed by atoms with van der Waals surface area (Å²) >= 11 is 5.82. The maximum Gasteiger partial charge on any atom is 0.269 e. The van der Waals surface area contributed by atoms with Gasteiger partial charge >= 0.3 is 0 Å². The van der Waals surface area contributed by atoms with Crippen LogP contribution in [-0.4, -0.2) is 75.3 Å². The number of fused-ring (bicyclic) bond motifs is 1. The van der Waals surface area contributed by atoms with Gasteiger partial charge in [-0.3, -0.25) is 28.8 Å². The van der Waals surface area contributed by atoms with Gasteiger partial charge in [-0.1, -0.05) is 36.2 Å². The molecule has 5 rings (SSSR count). The number of ketones is 1. The zero-order valence-corrected chi connectivity index (χ0v) is 24.0. The Bertz CT molecular complexity index is 1510. The average molecular weight is 597 g/mol. The van der Waals surface area contributed by atoms with E-state index in [1.807, 2.05) is 0 Å². The molecule has 3 N–H and O–H groups in total. The summed E-state index contributed by atoms with van der Waals surface area (Å²) in [5.74, 6) is -2.02. The van der Waals surface area contributed by atoms with E-state index >= 15 is 0 Å². The van der Waals surface area contributed by atoms with E-state index in [0.29, 0.717) is 17.4 Å². The lowest BCUT2D eigenvalue weighted by atomic mass is 10.0. The summed E-state index contributed by atoms with van der Waals surface area (Å²) in [7, 11) is 0. The first-order chi connectivity index (χ1) is 20.2. The van der Waals surface area contributed by atoms with Crippen molar-refractivity contribution in [1.82, 2.24) is 24.9 Å². The molecule has 2 fully saturated rings. The molecule has 12 heteroatoms. The van der Waals surface area contributed by atoms with Crippen LogP contribution in [0.1, 0.15) is 53.7 Å². The van der Waals surface area contributed by atoms with E-state index in [0.717, 1.165) is 44.3 Å². The van der Waals surface area contributed by atoms with Gasteiger partial charge in [0.15, 0.2) is 11.5 Å². The standard InChI is InChI=1S/C30H34ClFN6O4/c31-24-6-4-5-20(28(24)32)15-34-26(40)17-37(21-8-9-21)27(41)18-38-25-10-7-19(14-23(25)29(35-38)30(33)42)13-22(39)16-36-11-2-1-3-12-36/h4-7,10,14,21H,1-3,8-9,11-13,15-18H2,(H2,33,42)(H,34,40). The monoisotopic (exact) mass is 596 g/mol. The molecule has 2 aromatic carbocycles. The SMILES string of the molecule is NC(=O)c1nn(CC(=O)N(CC(=O)NCc2cccc(Cl)c2F)C2CC2)c2ccc(CC(=O)CN3CCCCC3)cc12. The van der Waals surface area contributed by atoms with Gasteiger partial charge in [0, 0.05) is 30.0 Å². The Morgan fingerprint density at radius 1 is 1.07 bits per heavy atom. The molecular formula is C30H34ClFN6O4. The number of amides is 3. The highest BCUT2D eigenvalue weighted by Gasteiger charge is 2.34. The molecule has 42 heavy (non-hydrogen) atoms. The van der Waals surface area contributed by atoms with Crippen LogP contribution in [0.15, 0.2) is 36.4 Å². The van der Waals surface area contributed by atoms with Gasteiger partial charge in [-0.25, -0.2) is 4.39 Å². The quantitative estimate of drug-likeness (QED) is 0.331. The maximum atomic E-state index is 14.2. The van der Waals surface area contributed by atoms with Gasteiger partial charge in [0.25, 0.3) is 5.91 Å². The number of piperidine rings is 1. The molecule has 0 bridgehead atoms. The van der Waals surface area contributed by atoms with E-state index in [1.165, 1.54) is 28.1 Å². The first-order valence-electron chi connectivity index (χ1n) is 14.2. The molecule has 10 nitrogen and oxygen atoms in total. The van der Waals surface area contributed by atoms with Gasteiger partial charge in [0.2, 0.25) is 11.8 Å². The van der Waals surface area contributed by atoms with Crippen LogP contribution < -0.4 is 11.1 Å². The Hall–Kier alpha value is -3.83. The number of halogens is 2. The van der Waals surface area contributed by atoms with Gasteiger partial charge < -0.3 is 16.0 Å². The lowest BCUT2D eigenvalue weighted by Crippen LogP contribution is -2.43. The summed E-state index contributed by atoms with van der Waals surface area (Å²) in [6.45, 7) is 1.79. The minimum Gasteiger partial charge on any atom is -0.364 e. The predicted molar refractivity (Wildman–Crippen MR) is 155 cm³/mol. The van der Waals surface area contributed by atoms with E-state index < -0.39 is 17.6 Å². The van der Waals surface area contributed by atoms with Gasteiger partial charge in [-0.2, -0.15) is 5.10 Å². The number of Topliss-reactive ketones (excluding diaryl/α,β-unsaturated/α-hetero) is 1. The Balaban J connectivity index is 1.26. The van der Waals surface area contributed by atoms with Crippen LogP contribution in [0.5, 0.6) is 0 Å². The number of nitrogens with two attached hydrogens (primary N) is 1. The van der Waals surface area contributed by atoms with Crippen molar-refractivity contribution < 1.29 is 23.6 Å². The number of benzene rings is 2. The fourth-order valence-electron chi connectivity index (χ4n) is 5.40. The number of nitrogens with one attached hydrogen (secondary N) is 1. The number of carbonyl (C=O) groups excluding carboxylic acids is 4. The average Bonchev–Trinajstić information content (AvgIpc) is 3.74. The van der Waals surface area contributed by atoms with Crippen molar-refractivity contribution in [1.29, 1.82) is 0 Å². The molecule has 2 aliphatic rings. The van der Waals surface area contributed by atoms with Crippen molar-refractivity contribution in [3.8, 4) is 0 Å². The molecule has 1 saturated carbocycles. The van der Waals surface area contributed by atoms with Gasteiger partial charge in [0.05, 0.1) is 23.6 Å². The second kappa shape index (κ2) is 13.0. The lowest BCUT2D eigenvalue weighted by Gasteiger charge is -2.25. The van der Waals surface area contributed by atoms with E-state index in [-0.39, 0.29) is 60.1 Å². The zero-order chi connectivity index (χ0) is 29.8. The van der Waals surface area contributed by atoms with Gasteiger partial charge in [0.1, 0.15) is 12.4 Å². The number of likely N-dealkylation sites (tertiary alicyclic amines) is 1. The zero-order valence-electron chi connectivity index (χ0n) is 23.3. The number of hydrogen-bond acceptors (Lipinski definition) is 6. The molecule has 2 heterocycles. The molecule has 0 radical (unpaired) electrons. The molecule has 3 amide bonds. The first-order valence-corrected chi connectivity index (χ1v) is 14.6.